The number of unbranched alkanes of at least 4 members (excludes halogenated alkanes) is 1. The molecule has 10 heteroatoms. The Labute approximate surface area is 185 Å². The second-order valence-electron chi connectivity index (χ2n) is 8.03. The molecule has 8 N–H and O–H groups in total. The molecule has 1 aliphatic rings. The first-order valence-corrected chi connectivity index (χ1v) is 10.8. The van der Waals surface area contributed by atoms with E-state index in [0.717, 1.165) is 29.3 Å². The summed E-state index contributed by atoms with van der Waals surface area (Å²) in [6.45, 7) is 0.534. The van der Waals surface area contributed by atoms with Crippen molar-refractivity contribution >= 4 is 34.5 Å². The van der Waals surface area contributed by atoms with Crippen molar-refractivity contribution in [1.82, 2.24) is 20.9 Å². The molecule has 0 bridgehead atoms. The van der Waals surface area contributed by atoms with Crippen LogP contribution in [0.25, 0.3) is 10.9 Å². The van der Waals surface area contributed by atoms with Crippen molar-refractivity contribution < 1.29 is 19.2 Å². The number of amides is 4. The van der Waals surface area contributed by atoms with Crippen molar-refractivity contribution in [2.24, 2.45) is 11.5 Å². The Morgan fingerprint density at radius 1 is 1.03 bits per heavy atom. The molecule has 10 nitrogen and oxygen atoms in total. The van der Waals surface area contributed by atoms with Crippen LogP contribution in [0.1, 0.15) is 37.7 Å². The topological polar surface area (TPSA) is 172 Å². The molecule has 3 rings (SSSR count). The monoisotopic (exact) mass is 442 g/mol. The highest BCUT2D eigenvalue weighted by Crippen LogP contribution is 2.19. The number of para-hydroxylation sites is 1. The second-order valence-corrected chi connectivity index (χ2v) is 8.03. The van der Waals surface area contributed by atoms with Crippen molar-refractivity contribution in [2.75, 3.05) is 6.54 Å². The molecule has 32 heavy (non-hydrogen) atoms. The van der Waals surface area contributed by atoms with E-state index in [0.29, 0.717) is 13.0 Å². The minimum Gasteiger partial charge on any atom is -0.368 e. The summed E-state index contributed by atoms with van der Waals surface area (Å²) in [5.41, 5.74) is 12.7. The number of primary amides is 1. The summed E-state index contributed by atoms with van der Waals surface area (Å²) in [4.78, 5) is 52.0. The molecule has 1 aliphatic heterocycles. The van der Waals surface area contributed by atoms with E-state index in [9.17, 15) is 19.2 Å². The zero-order chi connectivity index (χ0) is 23.1. The number of aromatic nitrogens is 1. The van der Waals surface area contributed by atoms with Crippen LogP contribution >= 0.6 is 0 Å². The van der Waals surface area contributed by atoms with Crippen molar-refractivity contribution in [3.05, 3.63) is 36.0 Å². The summed E-state index contributed by atoms with van der Waals surface area (Å²) in [5.74, 6) is -1.64. The third-order valence-electron chi connectivity index (χ3n) is 5.65. The van der Waals surface area contributed by atoms with E-state index in [2.05, 4.69) is 20.9 Å². The number of carbonyl (C=O) groups excluding carboxylic acids is 4. The maximum atomic E-state index is 12.4. The number of hydrogen-bond donors (Lipinski definition) is 6. The minimum absolute atomic E-state index is 0.0339. The Hall–Kier alpha value is -3.40. The van der Waals surface area contributed by atoms with Gasteiger partial charge in [-0.3, -0.25) is 19.2 Å². The van der Waals surface area contributed by atoms with Crippen LogP contribution in [-0.4, -0.2) is 53.3 Å². The number of piperazine rings is 1. The lowest BCUT2D eigenvalue weighted by atomic mass is 10.0. The standard InChI is InChI=1S/C22H30N6O4/c23-10-4-3-7-16-21(31)28-17(22(32)27-16)8-9-19(29)26-18(20(24)30)11-13-12-25-15-6-2-1-5-14(13)15/h1-2,5-6,12,16-18,25H,3-4,7-11,23H2,(H2,24,30)(H,26,29)(H,27,32)(H,28,31)/t16-,17-,18-/m1/s1. The average molecular weight is 443 g/mol. The fourth-order valence-electron chi connectivity index (χ4n) is 3.86. The Morgan fingerprint density at radius 2 is 1.72 bits per heavy atom. The summed E-state index contributed by atoms with van der Waals surface area (Å²) in [6.07, 6.45) is 4.17. The molecule has 172 valence electrons. The molecular weight excluding hydrogens is 412 g/mol. The quantitative estimate of drug-likeness (QED) is 0.259. The molecule has 0 radical (unpaired) electrons. The van der Waals surface area contributed by atoms with Gasteiger partial charge in [-0.05, 0) is 43.9 Å². The van der Waals surface area contributed by atoms with E-state index in [4.69, 9.17) is 11.5 Å². The molecule has 3 atom stereocenters. The molecule has 1 fully saturated rings. The minimum atomic E-state index is -0.886. The van der Waals surface area contributed by atoms with Gasteiger partial charge in [-0.15, -0.1) is 0 Å². The fraction of sp³-hybridized carbons (Fsp3) is 0.455. The van der Waals surface area contributed by atoms with Crippen LogP contribution in [0.2, 0.25) is 0 Å². The van der Waals surface area contributed by atoms with Gasteiger partial charge >= 0.3 is 0 Å². The van der Waals surface area contributed by atoms with Crippen LogP contribution in [-0.2, 0) is 25.6 Å². The molecule has 1 aromatic heterocycles. The van der Waals surface area contributed by atoms with Gasteiger partial charge in [0.1, 0.15) is 18.1 Å². The first kappa shape index (κ1) is 23.3. The molecule has 4 amide bonds. The smallest absolute Gasteiger partial charge is 0.243 e. The number of rotatable bonds is 11. The summed E-state index contributed by atoms with van der Waals surface area (Å²) in [5, 5.41) is 8.98. The Bertz CT molecular complexity index is 988. The Morgan fingerprint density at radius 3 is 2.41 bits per heavy atom. The molecular formula is C22H30N6O4. The predicted molar refractivity (Wildman–Crippen MR) is 119 cm³/mol. The second kappa shape index (κ2) is 10.8. The van der Waals surface area contributed by atoms with Crippen molar-refractivity contribution in [3.8, 4) is 0 Å². The number of nitrogens with one attached hydrogen (secondary N) is 4. The highest BCUT2D eigenvalue weighted by Gasteiger charge is 2.33. The first-order valence-electron chi connectivity index (χ1n) is 10.8. The molecule has 1 aromatic carbocycles. The highest BCUT2D eigenvalue weighted by atomic mass is 16.2. The summed E-state index contributed by atoms with van der Waals surface area (Å²) in [7, 11) is 0. The summed E-state index contributed by atoms with van der Waals surface area (Å²) in [6, 6.07) is 5.39. The van der Waals surface area contributed by atoms with E-state index in [-0.39, 0.29) is 31.1 Å². The van der Waals surface area contributed by atoms with Gasteiger partial charge in [0.15, 0.2) is 0 Å². The predicted octanol–water partition coefficient (Wildman–Crippen LogP) is -0.427. The number of aromatic amines is 1. The fourth-order valence-corrected chi connectivity index (χ4v) is 3.86. The van der Waals surface area contributed by atoms with E-state index in [1.165, 1.54) is 0 Å². The van der Waals surface area contributed by atoms with Crippen LogP contribution in [0.5, 0.6) is 0 Å². The number of carbonyl (C=O) groups is 4. The van der Waals surface area contributed by atoms with Gasteiger partial charge in [-0.2, -0.15) is 0 Å². The lowest BCUT2D eigenvalue weighted by Gasteiger charge is -2.29. The SMILES string of the molecule is NCCCC[C@H]1NC(=O)[C@@H](CCC(=O)N[C@H](Cc2c[nH]c3ccccc23)C(N)=O)NC1=O. The van der Waals surface area contributed by atoms with E-state index >= 15 is 0 Å². The van der Waals surface area contributed by atoms with Gasteiger partial charge in [0.05, 0.1) is 0 Å². The van der Waals surface area contributed by atoms with Gasteiger partial charge in [-0.25, -0.2) is 0 Å². The molecule has 0 saturated carbocycles. The first-order chi connectivity index (χ1) is 15.4. The maximum absolute atomic E-state index is 12.4. The number of hydrogen-bond acceptors (Lipinski definition) is 5. The van der Waals surface area contributed by atoms with Crippen molar-refractivity contribution in [3.63, 3.8) is 0 Å². The van der Waals surface area contributed by atoms with Gasteiger partial charge in [0.25, 0.3) is 0 Å². The molecule has 2 aromatic rings. The van der Waals surface area contributed by atoms with Crippen molar-refractivity contribution in [1.29, 1.82) is 0 Å². The van der Waals surface area contributed by atoms with Crippen LogP contribution < -0.4 is 27.4 Å². The molecule has 2 heterocycles. The van der Waals surface area contributed by atoms with E-state index in [1.54, 1.807) is 6.20 Å². The number of fused-ring (bicyclic) bond motifs is 1. The molecule has 0 spiro atoms. The highest BCUT2D eigenvalue weighted by molar-refractivity contribution is 5.97. The molecule has 0 unspecified atom stereocenters. The van der Waals surface area contributed by atoms with E-state index < -0.39 is 29.9 Å². The van der Waals surface area contributed by atoms with Gasteiger partial charge in [0, 0.05) is 29.9 Å². The number of H-pyrrole nitrogens is 1. The van der Waals surface area contributed by atoms with Crippen LogP contribution in [0, 0.1) is 0 Å². The Kier molecular flexibility index (Phi) is 7.82. The van der Waals surface area contributed by atoms with Crippen LogP contribution in [0.4, 0.5) is 0 Å². The largest absolute Gasteiger partial charge is 0.368 e. The summed E-state index contributed by atoms with van der Waals surface area (Å²) >= 11 is 0. The van der Waals surface area contributed by atoms with Gasteiger partial charge < -0.3 is 32.4 Å². The molecule has 1 saturated heterocycles. The normalized spacial score (nSPS) is 19.3. The Balaban J connectivity index is 1.51. The summed E-state index contributed by atoms with van der Waals surface area (Å²) < 4.78 is 0. The van der Waals surface area contributed by atoms with Crippen LogP contribution in [0.3, 0.4) is 0 Å². The van der Waals surface area contributed by atoms with Gasteiger partial charge in [0.2, 0.25) is 23.6 Å². The third kappa shape index (κ3) is 5.85. The lowest BCUT2D eigenvalue weighted by molar-refractivity contribution is -0.137. The van der Waals surface area contributed by atoms with Crippen LogP contribution in [0.15, 0.2) is 30.5 Å². The van der Waals surface area contributed by atoms with Gasteiger partial charge in [-0.1, -0.05) is 18.2 Å². The molecule has 0 aliphatic carbocycles. The average Bonchev–Trinajstić information content (AvgIpc) is 3.17. The maximum Gasteiger partial charge on any atom is 0.243 e. The third-order valence-corrected chi connectivity index (χ3v) is 5.65. The number of benzene rings is 1. The zero-order valence-electron chi connectivity index (χ0n) is 17.9. The van der Waals surface area contributed by atoms with Crippen molar-refractivity contribution in [2.45, 2.75) is 56.7 Å². The number of nitrogens with two attached hydrogens (primary N) is 2. The van der Waals surface area contributed by atoms with E-state index in [1.807, 2.05) is 24.3 Å². The lowest BCUT2D eigenvalue weighted by Crippen LogP contribution is -2.61. The zero-order valence-corrected chi connectivity index (χ0v) is 17.9.